The first-order valence-electron chi connectivity index (χ1n) is 5.21. The highest BCUT2D eigenvalue weighted by atomic mass is 35.5. The lowest BCUT2D eigenvalue weighted by Crippen LogP contribution is -2.20. The van der Waals surface area contributed by atoms with Gasteiger partial charge in [-0.3, -0.25) is 13.8 Å². The molecule has 0 aliphatic rings. The molecule has 7 heteroatoms. The van der Waals surface area contributed by atoms with Gasteiger partial charge in [-0.05, 0) is 18.2 Å². The molecule has 0 aliphatic heterocycles. The van der Waals surface area contributed by atoms with Crippen LogP contribution in [-0.4, -0.2) is 19.2 Å². The van der Waals surface area contributed by atoms with Crippen molar-refractivity contribution in [1.29, 1.82) is 0 Å². The molecular formula is C11H8Cl2N4O. The molecule has 0 unspecified atom stereocenters. The van der Waals surface area contributed by atoms with Gasteiger partial charge in [-0.15, -0.1) is 21.8 Å². The fourth-order valence-corrected chi connectivity index (χ4v) is 2.34. The molecule has 0 aliphatic carbocycles. The molecule has 0 atom stereocenters. The summed E-state index contributed by atoms with van der Waals surface area (Å²) in [6.45, 7) is 0. The first-order valence-corrected chi connectivity index (χ1v) is 6.13. The monoisotopic (exact) mass is 282 g/mol. The van der Waals surface area contributed by atoms with Gasteiger partial charge in [0.25, 0.3) is 5.56 Å². The standard InChI is InChI=1S/C11H8Cl2N4O/c1-16-10(18)7-3-2-6(13)4-8(7)17-9(5-12)14-15-11(16)17/h2-4H,5H2,1H3. The number of rotatable bonds is 1. The van der Waals surface area contributed by atoms with Gasteiger partial charge >= 0.3 is 0 Å². The zero-order valence-electron chi connectivity index (χ0n) is 9.39. The van der Waals surface area contributed by atoms with E-state index in [1.54, 1.807) is 29.6 Å². The van der Waals surface area contributed by atoms with E-state index in [9.17, 15) is 4.79 Å². The third kappa shape index (κ3) is 1.44. The molecule has 3 aromatic rings. The molecule has 18 heavy (non-hydrogen) atoms. The van der Waals surface area contributed by atoms with Gasteiger partial charge in [0.15, 0.2) is 5.82 Å². The second-order valence-corrected chi connectivity index (χ2v) is 4.61. The molecule has 2 heterocycles. The Morgan fingerprint density at radius 3 is 2.83 bits per heavy atom. The van der Waals surface area contributed by atoms with Gasteiger partial charge in [0.05, 0.1) is 16.8 Å². The average Bonchev–Trinajstić information content (AvgIpc) is 2.79. The maximum atomic E-state index is 12.2. The number of fused-ring (bicyclic) bond motifs is 3. The minimum absolute atomic E-state index is 0.136. The van der Waals surface area contributed by atoms with Crippen LogP contribution in [0.4, 0.5) is 0 Å². The maximum absolute atomic E-state index is 12.2. The van der Waals surface area contributed by atoms with E-state index >= 15 is 0 Å². The molecule has 3 rings (SSSR count). The Kier molecular flexibility index (Phi) is 2.53. The molecule has 92 valence electrons. The zero-order chi connectivity index (χ0) is 12.9. The minimum Gasteiger partial charge on any atom is -0.279 e. The number of aromatic nitrogens is 4. The number of alkyl halides is 1. The van der Waals surface area contributed by atoms with Crippen molar-refractivity contribution in [3.05, 3.63) is 39.4 Å². The van der Waals surface area contributed by atoms with Crippen molar-refractivity contribution in [2.45, 2.75) is 5.88 Å². The lowest BCUT2D eigenvalue weighted by Gasteiger charge is -2.07. The summed E-state index contributed by atoms with van der Waals surface area (Å²) in [6.07, 6.45) is 0. The average molecular weight is 283 g/mol. The van der Waals surface area contributed by atoms with Gasteiger partial charge in [-0.1, -0.05) is 11.6 Å². The van der Waals surface area contributed by atoms with Crippen LogP contribution in [0.15, 0.2) is 23.0 Å². The van der Waals surface area contributed by atoms with Crippen molar-refractivity contribution in [3.63, 3.8) is 0 Å². The Hall–Kier alpha value is -1.59. The summed E-state index contributed by atoms with van der Waals surface area (Å²) in [6, 6.07) is 5.09. The second-order valence-electron chi connectivity index (χ2n) is 3.91. The van der Waals surface area contributed by atoms with Gasteiger partial charge in [-0.2, -0.15) is 0 Å². The number of nitrogens with zero attached hydrogens (tertiary/aromatic N) is 4. The molecule has 2 aromatic heterocycles. The molecule has 0 saturated heterocycles. The smallest absolute Gasteiger partial charge is 0.262 e. The Labute approximate surface area is 112 Å². The summed E-state index contributed by atoms with van der Waals surface area (Å²) in [5.41, 5.74) is 0.531. The van der Waals surface area contributed by atoms with Crippen molar-refractivity contribution in [2.75, 3.05) is 0 Å². The molecule has 0 fully saturated rings. The predicted molar refractivity (Wildman–Crippen MR) is 70.3 cm³/mol. The molecule has 0 N–H and O–H groups in total. The van der Waals surface area contributed by atoms with E-state index in [0.717, 1.165) is 0 Å². The molecule has 1 aromatic carbocycles. The van der Waals surface area contributed by atoms with Crippen LogP contribution < -0.4 is 5.56 Å². The van der Waals surface area contributed by atoms with Crippen LogP contribution in [-0.2, 0) is 12.9 Å². The Morgan fingerprint density at radius 1 is 1.33 bits per heavy atom. The number of aryl methyl sites for hydroxylation is 1. The largest absolute Gasteiger partial charge is 0.279 e. The van der Waals surface area contributed by atoms with Crippen LogP contribution in [0.25, 0.3) is 16.7 Å². The minimum atomic E-state index is -0.136. The van der Waals surface area contributed by atoms with Gasteiger partial charge in [0.2, 0.25) is 5.78 Å². The summed E-state index contributed by atoms with van der Waals surface area (Å²) in [5.74, 6) is 1.24. The fourth-order valence-electron chi connectivity index (χ4n) is 2.00. The second kappa shape index (κ2) is 3.96. The predicted octanol–water partition coefficient (Wildman–Crippen LogP) is 1.97. The fraction of sp³-hybridized carbons (Fsp3) is 0.182. The Balaban J connectivity index is 2.68. The van der Waals surface area contributed by atoms with Crippen LogP contribution in [0.1, 0.15) is 5.82 Å². The molecule has 0 amide bonds. The Morgan fingerprint density at radius 2 is 2.11 bits per heavy atom. The summed E-state index contributed by atoms with van der Waals surface area (Å²) in [7, 11) is 1.65. The van der Waals surface area contributed by atoms with E-state index in [-0.39, 0.29) is 11.4 Å². The molecule has 0 bridgehead atoms. The molecule has 0 saturated carbocycles. The zero-order valence-corrected chi connectivity index (χ0v) is 10.9. The quantitative estimate of drug-likeness (QED) is 0.642. The van der Waals surface area contributed by atoms with E-state index in [4.69, 9.17) is 23.2 Å². The first kappa shape index (κ1) is 11.5. The van der Waals surface area contributed by atoms with Crippen molar-refractivity contribution in [3.8, 4) is 0 Å². The van der Waals surface area contributed by atoms with Crippen LogP contribution in [0, 0.1) is 0 Å². The van der Waals surface area contributed by atoms with Crippen LogP contribution in [0.3, 0.4) is 0 Å². The summed E-state index contributed by atoms with van der Waals surface area (Å²) in [5, 5.41) is 9.06. The number of hydrogen-bond donors (Lipinski definition) is 0. The first-order chi connectivity index (χ1) is 8.63. The highest BCUT2D eigenvalue weighted by Crippen LogP contribution is 2.19. The van der Waals surface area contributed by atoms with E-state index in [0.29, 0.717) is 27.5 Å². The summed E-state index contributed by atoms with van der Waals surface area (Å²) >= 11 is 11.8. The van der Waals surface area contributed by atoms with Crippen molar-refractivity contribution in [1.82, 2.24) is 19.2 Å². The topological polar surface area (TPSA) is 52.2 Å². The van der Waals surface area contributed by atoms with Gasteiger partial charge in [-0.25, -0.2) is 0 Å². The van der Waals surface area contributed by atoms with Gasteiger partial charge in [0.1, 0.15) is 0 Å². The van der Waals surface area contributed by atoms with Crippen molar-refractivity contribution < 1.29 is 0 Å². The van der Waals surface area contributed by atoms with Crippen molar-refractivity contribution >= 4 is 39.9 Å². The normalized spacial score (nSPS) is 11.5. The van der Waals surface area contributed by atoms with Gasteiger partial charge < -0.3 is 0 Å². The van der Waals surface area contributed by atoms with E-state index in [1.165, 1.54) is 4.57 Å². The molecule has 0 spiro atoms. The number of benzene rings is 1. The highest BCUT2D eigenvalue weighted by molar-refractivity contribution is 6.31. The van der Waals surface area contributed by atoms with Gasteiger partial charge in [0, 0.05) is 12.1 Å². The number of hydrogen-bond acceptors (Lipinski definition) is 3. The summed E-state index contributed by atoms with van der Waals surface area (Å²) in [4.78, 5) is 12.2. The van der Waals surface area contributed by atoms with Crippen molar-refractivity contribution in [2.24, 2.45) is 7.05 Å². The third-order valence-corrected chi connectivity index (χ3v) is 3.34. The molecule has 5 nitrogen and oxygen atoms in total. The molecular weight excluding hydrogens is 275 g/mol. The van der Waals surface area contributed by atoms with Crippen LogP contribution in [0.5, 0.6) is 0 Å². The number of halogens is 2. The maximum Gasteiger partial charge on any atom is 0.262 e. The molecule has 0 radical (unpaired) electrons. The van der Waals surface area contributed by atoms with Crippen LogP contribution >= 0.6 is 23.2 Å². The third-order valence-electron chi connectivity index (χ3n) is 2.87. The van der Waals surface area contributed by atoms with Crippen LogP contribution in [0.2, 0.25) is 5.02 Å². The summed E-state index contributed by atoms with van der Waals surface area (Å²) < 4.78 is 3.19. The Bertz CT molecular complexity index is 821. The van der Waals surface area contributed by atoms with E-state index in [1.807, 2.05) is 0 Å². The highest BCUT2D eigenvalue weighted by Gasteiger charge is 2.14. The SMILES string of the molecule is Cn1c(=O)c2ccc(Cl)cc2n2c(CCl)nnc12. The van der Waals surface area contributed by atoms with E-state index in [2.05, 4.69) is 10.2 Å². The lowest BCUT2D eigenvalue weighted by atomic mass is 10.2. The lowest BCUT2D eigenvalue weighted by molar-refractivity contribution is 0.857. The van der Waals surface area contributed by atoms with E-state index < -0.39 is 0 Å².